The number of hydrogen-bond donors (Lipinski definition) is 0. The van der Waals surface area contributed by atoms with Crippen LogP contribution in [0.3, 0.4) is 0 Å². The molecule has 0 aliphatic heterocycles. The fourth-order valence-corrected chi connectivity index (χ4v) is 1.96. The number of benzene rings is 1. The van der Waals surface area contributed by atoms with Crippen molar-refractivity contribution in [1.29, 1.82) is 0 Å². The lowest BCUT2D eigenvalue weighted by molar-refractivity contribution is 0.111. The van der Waals surface area contributed by atoms with Crippen molar-refractivity contribution >= 4 is 29.2 Å². The van der Waals surface area contributed by atoms with E-state index in [0.29, 0.717) is 12.0 Å². The number of nitrogens with zero attached hydrogens (tertiary/aromatic N) is 1. The Hall–Kier alpha value is -1.46. The van der Waals surface area contributed by atoms with Gasteiger partial charge in [0.15, 0.2) is 17.9 Å². The zero-order valence-corrected chi connectivity index (χ0v) is 10.1. The second kappa shape index (κ2) is 5.25. The number of carbonyl (C=O) groups excluding carboxylic acids is 1. The SMILES string of the molecule is O=Cc1c(Cl)ccc(OCc2cscn2)c1F. The van der Waals surface area contributed by atoms with Crippen molar-refractivity contribution in [3.05, 3.63) is 45.1 Å². The molecule has 1 aromatic heterocycles. The van der Waals surface area contributed by atoms with Crippen molar-refractivity contribution in [2.75, 3.05) is 0 Å². The van der Waals surface area contributed by atoms with Gasteiger partial charge in [-0.3, -0.25) is 4.79 Å². The number of rotatable bonds is 4. The van der Waals surface area contributed by atoms with Crippen LogP contribution in [-0.2, 0) is 6.61 Å². The van der Waals surface area contributed by atoms with Crippen molar-refractivity contribution < 1.29 is 13.9 Å². The fourth-order valence-electron chi connectivity index (χ4n) is 1.23. The summed E-state index contributed by atoms with van der Waals surface area (Å²) in [6.07, 6.45) is 0.368. The van der Waals surface area contributed by atoms with Crippen LogP contribution in [0.1, 0.15) is 16.1 Å². The third kappa shape index (κ3) is 2.62. The molecule has 2 rings (SSSR count). The summed E-state index contributed by atoms with van der Waals surface area (Å²) in [6.45, 7) is 0.153. The van der Waals surface area contributed by atoms with Crippen molar-refractivity contribution in [2.45, 2.75) is 6.61 Å². The van der Waals surface area contributed by atoms with E-state index in [1.54, 1.807) is 10.9 Å². The molecule has 0 bridgehead atoms. The maximum atomic E-state index is 13.7. The maximum Gasteiger partial charge on any atom is 0.177 e. The van der Waals surface area contributed by atoms with Gasteiger partial charge in [0.25, 0.3) is 0 Å². The van der Waals surface area contributed by atoms with Gasteiger partial charge in [-0.2, -0.15) is 0 Å². The second-order valence-corrected chi connectivity index (χ2v) is 4.29. The van der Waals surface area contributed by atoms with E-state index in [4.69, 9.17) is 16.3 Å². The van der Waals surface area contributed by atoms with Gasteiger partial charge in [0.05, 0.1) is 21.8 Å². The molecule has 0 saturated carbocycles. The number of aldehydes is 1. The minimum atomic E-state index is -0.747. The number of halogens is 2. The summed E-state index contributed by atoms with van der Waals surface area (Å²) in [4.78, 5) is 14.6. The van der Waals surface area contributed by atoms with E-state index in [9.17, 15) is 9.18 Å². The van der Waals surface area contributed by atoms with Crippen molar-refractivity contribution in [1.82, 2.24) is 4.98 Å². The van der Waals surface area contributed by atoms with Crippen molar-refractivity contribution in [3.63, 3.8) is 0 Å². The number of hydrogen-bond acceptors (Lipinski definition) is 4. The van der Waals surface area contributed by atoms with E-state index in [1.165, 1.54) is 23.5 Å². The quantitative estimate of drug-likeness (QED) is 0.801. The highest BCUT2D eigenvalue weighted by Crippen LogP contribution is 2.26. The molecule has 0 N–H and O–H groups in total. The van der Waals surface area contributed by atoms with E-state index in [1.807, 2.05) is 0 Å². The van der Waals surface area contributed by atoms with E-state index in [-0.39, 0.29) is 22.9 Å². The monoisotopic (exact) mass is 271 g/mol. The fraction of sp³-hybridized carbons (Fsp3) is 0.0909. The highest BCUT2D eigenvalue weighted by molar-refractivity contribution is 7.07. The first kappa shape index (κ1) is 12.0. The normalized spacial score (nSPS) is 10.2. The van der Waals surface area contributed by atoms with E-state index >= 15 is 0 Å². The largest absolute Gasteiger partial charge is 0.484 e. The minimum absolute atomic E-state index is 0.00972. The van der Waals surface area contributed by atoms with Crippen LogP contribution < -0.4 is 4.74 Å². The van der Waals surface area contributed by atoms with Crippen LogP contribution in [0.4, 0.5) is 4.39 Å². The molecule has 0 amide bonds. The van der Waals surface area contributed by atoms with Crippen LogP contribution >= 0.6 is 22.9 Å². The molecule has 0 aliphatic carbocycles. The van der Waals surface area contributed by atoms with Crippen LogP contribution in [0.25, 0.3) is 0 Å². The Kier molecular flexibility index (Phi) is 3.71. The van der Waals surface area contributed by atoms with Crippen LogP contribution in [0, 0.1) is 5.82 Å². The van der Waals surface area contributed by atoms with Gasteiger partial charge in [-0.05, 0) is 12.1 Å². The first-order chi connectivity index (χ1) is 8.22. The lowest BCUT2D eigenvalue weighted by Crippen LogP contribution is -2.00. The molecule has 0 fully saturated rings. The predicted octanol–water partition coefficient (Wildman–Crippen LogP) is 3.33. The Bertz CT molecular complexity index is 531. The molecule has 0 aliphatic rings. The molecule has 88 valence electrons. The smallest absolute Gasteiger partial charge is 0.177 e. The second-order valence-electron chi connectivity index (χ2n) is 3.16. The van der Waals surface area contributed by atoms with E-state index in [2.05, 4.69) is 4.98 Å². The zero-order valence-electron chi connectivity index (χ0n) is 8.52. The average molecular weight is 272 g/mol. The van der Waals surface area contributed by atoms with Gasteiger partial charge in [-0.1, -0.05) is 11.6 Å². The Morgan fingerprint density at radius 1 is 1.53 bits per heavy atom. The van der Waals surface area contributed by atoms with E-state index in [0.717, 1.165) is 0 Å². The summed E-state index contributed by atoms with van der Waals surface area (Å²) in [7, 11) is 0. The number of aromatic nitrogens is 1. The molecule has 0 radical (unpaired) electrons. The zero-order chi connectivity index (χ0) is 12.3. The average Bonchev–Trinajstić information content (AvgIpc) is 2.82. The Morgan fingerprint density at radius 3 is 3.00 bits per heavy atom. The third-order valence-electron chi connectivity index (χ3n) is 2.07. The van der Waals surface area contributed by atoms with Crippen LogP contribution in [-0.4, -0.2) is 11.3 Å². The Labute approximate surface area is 106 Å². The number of ether oxygens (including phenoxy) is 1. The Balaban J connectivity index is 2.19. The van der Waals surface area contributed by atoms with Crippen molar-refractivity contribution in [2.24, 2.45) is 0 Å². The highest BCUT2D eigenvalue weighted by atomic mass is 35.5. The topological polar surface area (TPSA) is 39.2 Å². The molecule has 0 saturated heterocycles. The lowest BCUT2D eigenvalue weighted by atomic mass is 10.2. The van der Waals surface area contributed by atoms with Gasteiger partial charge in [0.2, 0.25) is 0 Å². The highest BCUT2D eigenvalue weighted by Gasteiger charge is 2.13. The summed E-state index contributed by atoms with van der Waals surface area (Å²) in [6, 6.07) is 2.81. The summed E-state index contributed by atoms with van der Waals surface area (Å²) >= 11 is 7.09. The third-order valence-corrected chi connectivity index (χ3v) is 3.03. The van der Waals surface area contributed by atoms with Gasteiger partial charge >= 0.3 is 0 Å². The molecule has 6 heteroatoms. The molecule has 17 heavy (non-hydrogen) atoms. The Morgan fingerprint density at radius 2 is 2.35 bits per heavy atom. The van der Waals surface area contributed by atoms with Crippen LogP contribution in [0.2, 0.25) is 5.02 Å². The van der Waals surface area contributed by atoms with E-state index < -0.39 is 5.82 Å². The molecule has 0 spiro atoms. The number of thiazole rings is 1. The molecule has 0 unspecified atom stereocenters. The summed E-state index contributed by atoms with van der Waals surface area (Å²) in [5, 5.41) is 1.87. The number of carbonyl (C=O) groups is 1. The van der Waals surface area contributed by atoms with Crippen LogP contribution in [0.5, 0.6) is 5.75 Å². The van der Waals surface area contributed by atoms with Gasteiger partial charge in [0, 0.05) is 5.38 Å². The lowest BCUT2D eigenvalue weighted by Gasteiger charge is -2.07. The molecule has 3 nitrogen and oxygen atoms in total. The molecule has 1 aromatic carbocycles. The first-order valence-corrected chi connectivity index (χ1v) is 5.97. The van der Waals surface area contributed by atoms with Gasteiger partial charge in [-0.15, -0.1) is 11.3 Å². The summed E-state index contributed by atoms with van der Waals surface area (Å²) in [5.74, 6) is -0.757. The summed E-state index contributed by atoms with van der Waals surface area (Å²) < 4.78 is 18.9. The van der Waals surface area contributed by atoms with Gasteiger partial charge < -0.3 is 4.74 Å². The molecule has 0 atom stereocenters. The minimum Gasteiger partial charge on any atom is -0.484 e. The van der Waals surface area contributed by atoms with Crippen LogP contribution in [0.15, 0.2) is 23.0 Å². The van der Waals surface area contributed by atoms with Gasteiger partial charge in [-0.25, -0.2) is 9.37 Å². The van der Waals surface area contributed by atoms with Crippen molar-refractivity contribution in [3.8, 4) is 5.75 Å². The predicted molar refractivity (Wildman–Crippen MR) is 63.2 cm³/mol. The molecular weight excluding hydrogens is 265 g/mol. The first-order valence-electron chi connectivity index (χ1n) is 4.65. The standard InChI is InChI=1S/C11H7ClFNO2S/c12-9-1-2-10(11(13)8(9)3-15)16-4-7-5-17-6-14-7/h1-3,5-6H,4H2. The molecular formula is C11H7ClFNO2S. The maximum absolute atomic E-state index is 13.7. The molecule has 2 aromatic rings. The van der Waals surface area contributed by atoms with Gasteiger partial charge in [0.1, 0.15) is 6.61 Å². The molecule has 1 heterocycles. The summed E-state index contributed by atoms with van der Waals surface area (Å²) in [5.41, 5.74) is 2.17.